The number of rotatable bonds is 4. The van der Waals surface area contributed by atoms with Gasteiger partial charge in [-0.15, -0.1) is 0 Å². The first-order valence-corrected chi connectivity index (χ1v) is 9.70. The smallest absolute Gasteiger partial charge is 0.219 e. The molecule has 128 valence electrons. The van der Waals surface area contributed by atoms with Crippen LogP contribution >= 0.6 is 0 Å². The van der Waals surface area contributed by atoms with Gasteiger partial charge >= 0.3 is 0 Å². The lowest BCUT2D eigenvalue weighted by Gasteiger charge is -2.30. The molecule has 0 aromatic heterocycles. The molecular weight excluding hydrogens is 304 g/mol. The Bertz CT molecular complexity index is 496. The zero-order chi connectivity index (χ0) is 16.3. The van der Waals surface area contributed by atoms with E-state index in [-0.39, 0.29) is 11.7 Å². The maximum Gasteiger partial charge on any atom is 0.219 e. The van der Waals surface area contributed by atoms with E-state index in [9.17, 15) is 13.2 Å². The number of carbonyl (C=O) groups is 1. The predicted molar refractivity (Wildman–Crippen MR) is 85.8 cm³/mol. The monoisotopic (exact) mass is 332 g/mol. The number of likely N-dealkylation sites (tertiary alicyclic amines) is 1. The van der Waals surface area contributed by atoms with Crippen LogP contribution in [0.15, 0.2) is 0 Å². The molecule has 0 aliphatic carbocycles. The van der Waals surface area contributed by atoms with Crippen molar-refractivity contribution < 1.29 is 13.2 Å². The standard InChI is InChI=1S/C14H28N4O3S/c1-12-10-16(8-9-22(15,20)21)11-14(12)18-5-3-4-17(6-7-18)13(2)19/h12,14H,3-11H2,1-2H3,(H2,15,20,21)/t12-,14-/m1/s1. The molecule has 0 aromatic carbocycles. The fourth-order valence-corrected chi connectivity index (χ4v) is 4.06. The summed E-state index contributed by atoms with van der Waals surface area (Å²) in [4.78, 5) is 18.1. The van der Waals surface area contributed by atoms with E-state index in [4.69, 9.17) is 5.14 Å². The number of hydrogen-bond acceptors (Lipinski definition) is 5. The molecule has 2 aliphatic heterocycles. The lowest BCUT2D eigenvalue weighted by molar-refractivity contribution is -0.128. The van der Waals surface area contributed by atoms with Crippen molar-refractivity contribution in [2.24, 2.45) is 11.1 Å². The second-order valence-corrected chi connectivity index (χ2v) is 8.30. The Morgan fingerprint density at radius 3 is 2.55 bits per heavy atom. The van der Waals surface area contributed by atoms with Crippen LogP contribution in [0.25, 0.3) is 0 Å². The Labute approximate surface area is 133 Å². The van der Waals surface area contributed by atoms with Crippen LogP contribution in [-0.2, 0) is 14.8 Å². The van der Waals surface area contributed by atoms with E-state index in [0.717, 1.165) is 45.7 Å². The second-order valence-electron chi connectivity index (χ2n) is 6.57. The first kappa shape index (κ1) is 17.7. The molecule has 2 atom stereocenters. The number of primary sulfonamides is 1. The Morgan fingerprint density at radius 2 is 1.91 bits per heavy atom. The summed E-state index contributed by atoms with van der Waals surface area (Å²) in [7, 11) is -3.39. The van der Waals surface area contributed by atoms with Gasteiger partial charge in [-0.05, 0) is 12.3 Å². The minimum Gasteiger partial charge on any atom is -0.342 e. The Balaban J connectivity index is 1.88. The molecule has 0 unspecified atom stereocenters. The summed E-state index contributed by atoms with van der Waals surface area (Å²) in [6.07, 6.45) is 1.000. The van der Waals surface area contributed by atoms with E-state index in [2.05, 4.69) is 16.7 Å². The largest absolute Gasteiger partial charge is 0.342 e. The highest BCUT2D eigenvalue weighted by Crippen LogP contribution is 2.23. The minimum absolute atomic E-state index is 0.0184. The molecule has 2 N–H and O–H groups in total. The van der Waals surface area contributed by atoms with Gasteiger partial charge in [-0.25, -0.2) is 13.6 Å². The molecule has 22 heavy (non-hydrogen) atoms. The fraction of sp³-hybridized carbons (Fsp3) is 0.929. The third-order valence-electron chi connectivity index (χ3n) is 4.79. The molecule has 0 aromatic rings. The summed E-state index contributed by atoms with van der Waals surface area (Å²) >= 11 is 0. The summed E-state index contributed by atoms with van der Waals surface area (Å²) in [6.45, 7) is 9.67. The summed E-state index contributed by atoms with van der Waals surface area (Å²) in [5.74, 6) is 0.672. The zero-order valence-electron chi connectivity index (χ0n) is 13.6. The molecule has 8 heteroatoms. The topological polar surface area (TPSA) is 86.9 Å². The van der Waals surface area contributed by atoms with Gasteiger partial charge in [0, 0.05) is 58.8 Å². The van der Waals surface area contributed by atoms with Crippen molar-refractivity contribution in [2.45, 2.75) is 26.3 Å². The van der Waals surface area contributed by atoms with Crippen LogP contribution < -0.4 is 5.14 Å². The third kappa shape index (κ3) is 4.91. The van der Waals surface area contributed by atoms with E-state index < -0.39 is 10.0 Å². The average Bonchev–Trinajstić information content (AvgIpc) is 2.63. The summed E-state index contributed by atoms with van der Waals surface area (Å²) < 4.78 is 22.2. The lowest BCUT2D eigenvalue weighted by atomic mass is 10.0. The molecule has 7 nitrogen and oxygen atoms in total. The van der Waals surface area contributed by atoms with Crippen LogP contribution in [0.5, 0.6) is 0 Å². The number of nitrogens with two attached hydrogens (primary N) is 1. The van der Waals surface area contributed by atoms with E-state index in [1.54, 1.807) is 6.92 Å². The Kier molecular flexibility index (Phi) is 5.81. The average molecular weight is 332 g/mol. The molecule has 2 heterocycles. The van der Waals surface area contributed by atoms with E-state index in [1.807, 2.05) is 4.90 Å². The first-order valence-electron chi connectivity index (χ1n) is 7.98. The van der Waals surface area contributed by atoms with Gasteiger partial charge < -0.3 is 9.80 Å². The van der Waals surface area contributed by atoms with E-state index in [0.29, 0.717) is 18.5 Å². The lowest BCUT2D eigenvalue weighted by Crippen LogP contribution is -2.43. The molecule has 2 aliphatic rings. The van der Waals surface area contributed by atoms with Gasteiger partial charge in [0.1, 0.15) is 0 Å². The van der Waals surface area contributed by atoms with Gasteiger partial charge in [0.2, 0.25) is 15.9 Å². The van der Waals surface area contributed by atoms with Gasteiger partial charge in [-0.1, -0.05) is 6.92 Å². The summed E-state index contributed by atoms with van der Waals surface area (Å²) in [5, 5.41) is 5.09. The van der Waals surface area contributed by atoms with Gasteiger partial charge in [-0.2, -0.15) is 0 Å². The fourth-order valence-electron chi connectivity index (χ4n) is 3.55. The minimum atomic E-state index is -3.39. The maximum atomic E-state index is 11.5. The van der Waals surface area contributed by atoms with Crippen molar-refractivity contribution in [1.82, 2.24) is 14.7 Å². The van der Waals surface area contributed by atoms with E-state index >= 15 is 0 Å². The number of nitrogens with zero attached hydrogens (tertiary/aromatic N) is 3. The second kappa shape index (κ2) is 7.25. The predicted octanol–water partition coefficient (Wildman–Crippen LogP) is -0.851. The van der Waals surface area contributed by atoms with Crippen LogP contribution in [0.3, 0.4) is 0 Å². The first-order chi connectivity index (χ1) is 10.3. The van der Waals surface area contributed by atoms with Crippen molar-refractivity contribution in [2.75, 3.05) is 51.6 Å². The van der Waals surface area contributed by atoms with Gasteiger partial charge in [-0.3, -0.25) is 9.69 Å². The molecule has 2 fully saturated rings. The summed E-state index contributed by atoms with van der Waals surface area (Å²) in [6, 6.07) is 0.437. The highest BCUT2D eigenvalue weighted by atomic mass is 32.2. The molecular formula is C14H28N4O3S. The van der Waals surface area contributed by atoms with Gasteiger partial charge in [0.05, 0.1) is 5.75 Å². The van der Waals surface area contributed by atoms with Crippen molar-refractivity contribution in [1.29, 1.82) is 0 Å². The van der Waals surface area contributed by atoms with Crippen LogP contribution in [0.1, 0.15) is 20.3 Å². The van der Waals surface area contributed by atoms with E-state index in [1.165, 1.54) is 0 Å². The highest BCUT2D eigenvalue weighted by Gasteiger charge is 2.34. The number of hydrogen-bond donors (Lipinski definition) is 1. The molecule has 0 radical (unpaired) electrons. The van der Waals surface area contributed by atoms with Gasteiger partial charge in [0.15, 0.2) is 0 Å². The quantitative estimate of drug-likeness (QED) is 0.725. The van der Waals surface area contributed by atoms with Crippen molar-refractivity contribution in [3.8, 4) is 0 Å². The van der Waals surface area contributed by atoms with Crippen LogP contribution in [-0.4, -0.2) is 86.6 Å². The summed E-state index contributed by atoms with van der Waals surface area (Å²) in [5.41, 5.74) is 0. The Hall–Kier alpha value is -0.700. The number of sulfonamides is 1. The highest BCUT2D eigenvalue weighted by molar-refractivity contribution is 7.89. The third-order valence-corrected chi connectivity index (χ3v) is 5.54. The van der Waals surface area contributed by atoms with Crippen molar-refractivity contribution in [3.63, 3.8) is 0 Å². The number of carbonyl (C=O) groups excluding carboxylic acids is 1. The molecule has 0 saturated carbocycles. The van der Waals surface area contributed by atoms with Crippen LogP contribution in [0.4, 0.5) is 0 Å². The molecule has 0 bridgehead atoms. The SMILES string of the molecule is CC(=O)N1CCCN([C@@H]2CN(CCS(N)(=O)=O)C[C@H]2C)CC1. The van der Waals surface area contributed by atoms with Gasteiger partial charge in [0.25, 0.3) is 0 Å². The maximum absolute atomic E-state index is 11.5. The number of amides is 1. The molecule has 0 spiro atoms. The Morgan fingerprint density at radius 1 is 1.18 bits per heavy atom. The van der Waals surface area contributed by atoms with Crippen LogP contribution in [0, 0.1) is 5.92 Å². The van der Waals surface area contributed by atoms with Crippen LogP contribution in [0.2, 0.25) is 0 Å². The molecule has 2 saturated heterocycles. The zero-order valence-corrected chi connectivity index (χ0v) is 14.4. The molecule has 1 amide bonds. The van der Waals surface area contributed by atoms with Crippen molar-refractivity contribution in [3.05, 3.63) is 0 Å². The normalized spacial score (nSPS) is 28.8. The molecule has 2 rings (SSSR count). The van der Waals surface area contributed by atoms with Crippen molar-refractivity contribution >= 4 is 15.9 Å².